The highest BCUT2D eigenvalue weighted by molar-refractivity contribution is 5.87. The first-order valence-electron chi connectivity index (χ1n) is 6.33. The summed E-state index contributed by atoms with van der Waals surface area (Å²) < 4.78 is 46.4. The molecule has 0 amide bonds. The van der Waals surface area contributed by atoms with E-state index < -0.39 is 24.4 Å². The van der Waals surface area contributed by atoms with Crippen LogP contribution in [0.3, 0.4) is 0 Å². The van der Waals surface area contributed by atoms with Crippen molar-refractivity contribution in [2.45, 2.75) is 44.9 Å². The Balaban J connectivity index is 3.74. The van der Waals surface area contributed by atoms with Crippen molar-refractivity contribution < 1.29 is 32.5 Å². The van der Waals surface area contributed by atoms with Gasteiger partial charge in [-0.25, -0.2) is 4.79 Å². The fourth-order valence-electron chi connectivity index (χ4n) is 1.23. The Hall–Kier alpha value is -1.08. The molecule has 0 heterocycles. The zero-order valence-corrected chi connectivity index (χ0v) is 11.8. The van der Waals surface area contributed by atoms with Gasteiger partial charge in [0.15, 0.2) is 5.60 Å². The van der Waals surface area contributed by atoms with Gasteiger partial charge in [-0.05, 0) is 33.1 Å². The van der Waals surface area contributed by atoms with E-state index in [1.165, 1.54) is 0 Å². The van der Waals surface area contributed by atoms with Crippen molar-refractivity contribution in [3.63, 3.8) is 0 Å². The van der Waals surface area contributed by atoms with E-state index in [9.17, 15) is 18.0 Å². The lowest BCUT2D eigenvalue weighted by molar-refractivity contribution is -0.267. The molecule has 1 atom stereocenters. The molecule has 0 spiro atoms. The predicted octanol–water partition coefficient (Wildman–Crippen LogP) is 2.61. The Kier molecular flexibility index (Phi) is 7.82. The van der Waals surface area contributed by atoms with Gasteiger partial charge in [0.2, 0.25) is 0 Å². The largest absolute Gasteiger partial charge is 0.463 e. The number of rotatable bonds is 9. The van der Waals surface area contributed by atoms with E-state index in [2.05, 4.69) is 6.58 Å². The standard InChI is InChI=1S/C13H21F3O4/c1-4-20-11(17)10(2)7-5-6-8-19-9-12(3,18)13(14,15)16/h18H,2,4-9H2,1,3H3. The second-order valence-corrected chi connectivity index (χ2v) is 4.61. The minimum absolute atomic E-state index is 0.0718. The van der Waals surface area contributed by atoms with Crippen LogP contribution < -0.4 is 0 Å². The molecule has 118 valence electrons. The van der Waals surface area contributed by atoms with E-state index in [0.29, 0.717) is 31.8 Å². The highest BCUT2D eigenvalue weighted by atomic mass is 19.4. The maximum atomic E-state index is 12.3. The summed E-state index contributed by atoms with van der Waals surface area (Å²) in [6.45, 7) is 5.44. The lowest BCUT2D eigenvalue weighted by Gasteiger charge is -2.25. The van der Waals surface area contributed by atoms with E-state index in [-0.39, 0.29) is 13.2 Å². The Morgan fingerprint density at radius 3 is 2.40 bits per heavy atom. The van der Waals surface area contributed by atoms with E-state index in [4.69, 9.17) is 14.6 Å². The fraction of sp³-hybridized carbons (Fsp3) is 0.769. The average molecular weight is 298 g/mol. The van der Waals surface area contributed by atoms with Crippen LogP contribution in [-0.4, -0.2) is 42.7 Å². The van der Waals surface area contributed by atoms with Gasteiger partial charge in [-0.2, -0.15) is 13.2 Å². The van der Waals surface area contributed by atoms with Crippen LogP contribution in [0.15, 0.2) is 12.2 Å². The lowest BCUT2D eigenvalue weighted by atomic mass is 10.1. The lowest BCUT2D eigenvalue weighted by Crippen LogP contribution is -2.46. The van der Waals surface area contributed by atoms with E-state index >= 15 is 0 Å². The topological polar surface area (TPSA) is 55.8 Å². The molecule has 0 aliphatic carbocycles. The summed E-state index contributed by atoms with van der Waals surface area (Å²) in [7, 11) is 0. The number of esters is 1. The third-order valence-corrected chi connectivity index (χ3v) is 2.58. The van der Waals surface area contributed by atoms with Crippen molar-refractivity contribution in [3.8, 4) is 0 Å². The van der Waals surface area contributed by atoms with Crippen LogP contribution in [0.4, 0.5) is 13.2 Å². The van der Waals surface area contributed by atoms with E-state index in [1.54, 1.807) is 6.92 Å². The molecule has 0 aromatic heterocycles. The first-order chi connectivity index (χ1) is 9.12. The Bertz CT molecular complexity index is 324. The van der Waals surface area contributed by atoms with E-state index in [0.717, 1.165) is 0 Å². The predicted molar refractivity (Wildman–Crippen MR) is 67.1 cm³/mol. The second kappa shape index (κ2) is 8.26. The smallest absolute Gasteiger partial charge is 0.419 e. The zero-order valence-electron chi connectivity index (χ0n) is 11.8. The average Bonchev–Trinajstić information content (AvgIpc) is 2.32. The highest BCUT2D eigenvalue weighted by Gasteiger charge is 2.50. The Labute approximate surface area is 116 Å². The number of hydrogen-bond acceptors (Lipinski definition) is 4. The molecule has 1 N–H and O–H groups in total. The minimum Gasteiger partial charge on any atom is -0.463 e. The normalized spacial score (nSPS) is 14.7. The van der Waals surface area contributed by atoms with Gasteiger partial charge in [-0.3, -0.25) is 0 Å². The number of hydrogen-bond donors (Lipinski definition) is 1. The number of carbonyl (C=O) groups excluding carboxylic acids is 1. The quantitative estimate of drug-likeness (QED) is 0.404. The molecule has 0 aromatic carbocycles. The molecule has 0 aliphatic rings. The van der Waals surface area contributed by atoms with Crippen molar-refractivity contribution in [2.75, 3.05) is 19.8 Å². The molecule has 0 bridgehead atoms. The van der Waals surface area contributed by atoms with Crippen LogP contribution in [-0.2, 0) is 14.3 Å². The number of halogens is 3. The summed E-state index contributed by atoms with van der Waals surface area (Å²) in [5.74, 6) is -0.464. The summed E-state index contributed by atoms with van der Waals surface area (Å²) in [6, 6.07) is 0. The molecular formula is C13H21F3O4. The van der Waals surface area contributed by atoms with E-state index in [1.807, 2.05) is 0 Å². The van der Waals surface area contributed by atoms with Crippen LogP contribution in [0, 0.1) is 0 Å². The third-order valence-electron chi connectivity index (χ3n) is 2.58. The van der Waals surface area contributed by atoms with Crippen LogP contribution in [0.2, 0.25) is 0 Å². The van der Waals surface area contributed by atoms with Crippen LogP contribution >= 0.6 is 0 Å². The van der Waals surface area contributed by atoms with Gasteiger partial charge in [0, 0.05) is 12.2 Å². The van der Waals surface area contributed by atoms with Gasteiger partial charge in [0.05, 0.1) is 13.2 Å². The van der Waals surface area contributed by atoms with Gasteiger partial charge in [-0.15, -0.1) is 0 Å². The molecule has 0 aromatic rings. The molecule has 0 fully saturated rings. The molecule has 0 aliphatic heterocycles. The summed E-state index contributed by atoms with van der Waals surface area (Å²) in [4.78, 5) is 11.2. The van der Waals surface area contributed by atoms with Crippen LogP contribution in [0.25, 0.3) is 0 Å². The Morgan fingerprint density at radius 2 is 1.90 bits per heavy atom. The molecule has 0 saturated carbocycles. The number of aliphatic hydroxyl groups is 1. The van der Waals surface area contributed by atoms with Crippen molar-refractivity contribution in [3.05, 3.63) is 12.2 Å². The second-order valence-electron chi connectivity index (χ2n) is 4.61. The number of alkyl halides is 3. The zero-order chi connectivity index (χ0) is 15.8. The number of carbonyl (C=O) groups is 1. The maximum absolute atomic E-state index is 12.3. The molecule has 7 heteroatoms. The van der Waals surface area contributed by atoms with Crippen molar-refractivity contribution in [1.82, 2.24) is 0 Å². The highest BCUT2D eigenvalue weighted by Crippen LogP contribution is 2.30. The van der Waals surface area contributed by atoms with Crippen LogP contribution in [0.1, 0.15) is 33.1 Å². The summed E-state index contributed by atoms with van der Waals surface area (Å²) in [5.41, 5.74) is -2.52. The summed E-state index contributed by atoms with van der Waals surface area (Å²) in [5, 5.41) is 9.10. The third kappa shape index (κ3) is 6.91. The Morgan fingerprint density at radius 1 is 1.30 bits per heavy atom. The number of ether oxygens (including phenoxy) is 2. The van der Waals surface area contributed by atoms with Crippen molar-refractivity contribution in [2.24, 2.45) is 0 Å². The molecule has 20 heavy (non-hydrogen) atoms. The molecule has 4 nitrogen and oxygen atoms in total. The maximum Gasteiger partial charge on any atom is 0.419 e. The molecule has 0 rings (SSSR count). The van der Waals surface area contributed by atoms with Gasteiger partial charge >= 0.3 is 12.1 Å². The van der Waals surface area contributed by atoms with Crippen molar-refractivity contribution >= 4 is 5.97 Å². The summed E-state index contributed by atoms with van der Waals surface area (Å²) >= 11 is 0. The molecule has 0 saturated heterocycles. The molecule has 0 radical (unpaired) electrons. The molecular weight excluding hydrogens is 277 g/mol. The summed E-state index contributed by atoms with van der Waals surface area (Å²) in [6.07, 6.45) is -3.30. The van der Waals surface area contributed by atoms with Crippen molar-refractivity contribution in [1.29, 1.82) is 0 Å². The first kappa shape index (κ1) is 18.9. The van der Waals surface area contributed by atoms with Gasteiger partial charge in [-0.1, -0.05) is 6.58 Å². The van der Waals surface area contributed by atoms with Gasteiger partial charge < -0.3 is 14.6 Å². The van der Waals surface area contributed by atoms with Gasteiger partial charge in [0.1, 0.15) is 0 Å². The fourth-order valence-corrected chi connectivity index (χ4v) is 1.23. The SMILES string of the molecule is C=C(CCCCOCC(C)(O)C(F)(F)F)C(=O)OCC. The minimum atomic E-state index is -4.72. The van der Waals surface area contributed by atoms with Gasteiger partial charge in [0.25, 0.3) is 0 Å². The first-order valence-corrected chi connectivity index (χ1v) is 6.33. The molecule has 1 unspecified atom stereocenters. The van der Waals surface area contributed by atoms with Crippen LogP contribution in [0.5, 0.6) is 0 Å². The monoisotopic (exact) mass is 298 g/mol. The number of unbranched alkanes of at least 4 members (excludes halogenated alkanes) is 1.